The number of nitrogens with zero attached hydrogens (tertiary/aromatic N) is 2. The highest BCUT2D eigenvalue weighted by Gasteiger charge is 2.28. The van der Waals surface area contributed by atoms with Gasteiger partial charge in [-0.05, 0) is 26.2 Å². The molecule has 1 aliphatic rings. The molecule has 1 aliphatic carbocycles. The Bertz CT molecular complexity index is 161. The van der Waals surface area contributed by atoms with E-state index in [1.165, 1.54) is 12.8 Å². The fourth-order valence-corrected chi connectivity index (χ4v) is 1.31. The van der Waals surface area contributed by atoms with E-state index in [9.17, 15) is 0 Å². The molecule has 1 fully saturated rings. The van der Waals surface area contributed by atoms with Crippen LogP contribution in [0.1, 0.15) is 33.1 Å². The van der Waals surface area contributed by atoms with Gasteiger partial charge < -0.3 is 10.6 Å². The summed E-state index contributed by atoms with van der Waals surface area (Å²) in [4.78, 5) is 6.50. The van der Waals surface area contributed by atoms with E-state index >= 15 is 0 Å². The highest BCUT2D eigenvalue weighted by molar-refractivity contribution is 5.78. The summed E-state index contributed by atoms with van der Waals surface area (Å²) in [6.07, 6.45) is 3.65. The summed E-state index contributed by atoms with van der Waals surface area (Å²) in [5.41, 5.74) is 5.83. The summed E-state index contributed by atoms with van der Waals surface area (Å²) >= 11 is 0. The Hall–Kier alpha value is -0.730. The second kappa shape index (κ2) is 4.33. The maximum absolute atomic E-state index is 5.83. The van der Waals surface area contributed by atoms with Crippen molar-refractivity contribution in [3.8, 4) is 0 Å². The Morgan fingerprint density at radius 3 is 2.58 bits per heavy atom. The highest BCUT2D eigenvalue weighted by atomic mass is 15.3. The third-order valence-electron chi connectivity index (χ3n) is 2.12. The lowest BCUT2D eigenvalue weighted by atomic mass is 10.5. The average Bonchev–Trinajstić information content (AvgIpc) is 2.86. The number of nitrogens with two attached hydrogens (primary N) is 1. The van der Waals surface area contributed by atoms with E-state index in [0.717, 1.165) is 25.5 Å². The van der Waals surface area contributed by atoms with Crippen LogP contribution in [0.2, 0.25) is 0 Å². The van der Waals surface area contributed by atoms with Gasteiger partial charge in [-0.25, -0.2) is 0 Å². The van der Waals surface area contributed by atoms with Gasteiger partial charge in [0.25, 0.3) is 0 Å². The van der Waals surface area contributed by atoms with E-state index in [1.54, 1.807) is 0 Å². The van der Waals surface area contributed by atoms with Crippen LogP contribution in [0.4, 0.5) is 0 Å². The zero-order valence-electron chi connectivity index (χ0n) is 8.08. The van der Waals surface area contributed by atoms with Crippen molar-refractivity contribution in [1.29, 1.82) is 0 Å². The predicted molar refractivity (Wildman–Crippen MR) is 52.2 cm³/mol. The fraction of sp³-hybridized carbons (Fsp3) is 0.889. The lowest BCUT2D eigenvalue weighted by Gasteiger charge is -2.20. The molecule has 0 aromatic rings. The van der Waals surface area contributed by atoms with Gasteiger partial charge in [0.2, 0.25) is 0 Å². The van der Waals surface area contributed by atoms with Crippen LogP contribution >= 0.6 is 0 Å². The van der Waals surface area contributed by atoms with Gasteiger partial charge >= 0.3 is 0 Å². The van der Waals surface area contributed by atoms with Gasteiger partial charge in [0.15, 0.2) is 5.96 Å². The first-order valence-corrected chi connectivity index (χ1v) is 4.86. The summed E-state index contributed by atoms with van der Waals surface area (Å²) in [7, 11) is 0. The van der Waals surface area contributed by atoms with E-state index in [-0.39, 0.29) is 0 Å². The van der Waals surface area contributed by atoms with Gasteiger partial charge in [-0.3, -0.25) is 4.99 Å². The minimum atomic E-state index is 0.690. The maximum Gasteiger partial charge on any atom is 0.191 e. The summed E-state index contributed by atoms with van der Waals surface area (Å²) in [6, 6.07) is 0.690. The smallest absolute Gasteiger partial charge is 0.191 e. The molecule has 12 heavy (non-hydrogen) atoms. The van der Waals surface area contributed by atoms with Crippen LogP contribution < -0.4 is 5.73 Å². The third-order valence-corrected chi connectivity index (χ3v) is 2.12. The molecule has 0 aromatic heterocycles. The topological polar surface area (TPSA) is 41.6 Å². The van der Waals surface area contributed by atoms with Gasteiger partial charge in [0.1, 0.15) is 0 Å². The molecule has 0 radical (unpaired) electrons. The van der Waals surface area contributed by atoms with Gasteiger partial charge in [0.05, 0.1) is 0 Å². The molecule has 0 saturated heterocycles. The molecular weight excluding hydrogens is 150 g/mol. The zero-order valence-corrected chi connectivity index (χ0v) is 8.08. The van der Waals surface area contributed by atoms with Crippen molar-refractivity contribution in [2.24, 2.45) is 10.7 Å². The zero-order chi connectivity index (χ0) is 8.97. The van der Waals surface area contributed by atoms with Crippen LogP contribution in [-0.2, 0) is 0 Å². The van der Waals surface area contributed by atoms with Gasteiger partial charge in [-0.1, -0.05) is 6.92 Å². The van der Waals surface area contributed by atoms with E-state index in [1.807, 2.05) is 0 Å². The minimum Gasteiger partial charge on any atom is -0.370 e. The molecule has 0 aliphatic heterocycles. The first-order valence-electron chi connectivity index (χ1n) is 4.86. The van der Waals surface area contributed by atoms with Gasteiger partial charge in [0, 0.05) is 19.1 Å². The molecule has 1 saturated carbocycles. The predicted octanol–water partition coefficient (Wildman–Crippen LogP) is 1.20. The molecule has 3 nitrogen and oxygen atoms in total. The molecule has 1 rings (SSSR count). The van der Waals surface area contributed by atoms with Crippen molar-refractivity contribution in [3.63, 3.8) is 0 Å². The number of guanidine groups is 1. The number of rotatable bonds is 4. The fourth-order valence-electron chi connectivity index (χ4n) is 1.31. The Kier molecular flexibility index (Phi) is 3.38. The van der Waals surface area contributed by atoms with Crippen LogP contribution in [0.15, 0.2) is 4.99 Å². The Balaban J connectivity index is 2.40. The molecule has 0 heterocycles. The SMILES string of the molecule is CCCN=C(N)N(CC)C1CC1. The van der Waals surface area contributed by atoms with Crippen LogP contribution in [0.3, 0.4) is 0 Å². The molecule has 0 amide bonds. The summed E-state index contributed by atoms with van der Waals surface area (Å²) in [6.45, 7) is 6.09. The van der Waals surface area contributed by atoms with Crippen LogP contribution in [-0.4, -0.2) is 30.0 Å². The lowest BCUT2D eigenvalue weighted by Crippen LogP contribution is -2.39. The average molecular weight is 169 g/mol. The lowest BCUT2D eigenvalue weighted by molar-refractivity contribution is 0.425. The number of hydrogen-bond acceptors (Lipinski definition) is 1. The summed E-state index contributed by atoms with van der Waals surface area (Å²) in [5, 5.41) is 0. The van der Waals surface area contributed by atoms with E-state index < -0.39 is 0 Å². The first kappa shape index (κ1) is 9.36. The standard InChI is InChI=1S/C9H19N3/c1-3-7-11-9(10)12(4-2)8-5-6-8/h8H,3-7H2,1-2H3,(H2,10,11). The highest BCUT2D eigenvalue weighted by Crippen LogP contribution is 2.25. The normalized spacial score (nSPS) is 18.0. The van der Waals surface area contributed by atoms with Crippen molar-refractivity contribution in [2.45, 2.75) is 39.2 Å². The number of aliphatic imine (C=N–C) groups is 1. The second-order valence-electron chi connectivity index (χ2n) is 3.26. The Morgan fingerprint density at radius 1 is 1.50 bits per heavy atom. The van der Waals surface area contributed by atoms with Crippen LogP contribution in [0.5, 0.6) is 0 Å². The molecule has 0 aromatic carbocycles. The molecule has 3 heteroatoms. The Labute approximate surface area is 74.6 Å². The molecule has 0 bridgehead atoms. The Morgan fingerprint density at radius 2 is 2.17 bits per heavy atom. The van der Waals surface area contributed by atoms with E-state index in [2.05, 4.69) is 23.7 Å². The molecule has 0 atom stereocenters. The van der Waals surface area contributed by atoms with E-state index in [4.69, 9.17) is 5.73 Å². The van der Waals surface area contributed by atoms with E-state index in [0.29, 0.717) is 6.04 Å². The minimum absolute atomic E-state index is 0.690. The van der Waals surface area contributed by atoms with Crippen LogP contribution in [0.25, 0.3) is 0 Å². The summed E-state index contributed by atoms with van der Waals surface area (Å²) < 4.78 is 0. The molecule has 70 valence electrons. The van der Waals surface area contributed by atoms with Gasteiger partial charge in [-0.15, -0.1) is 0 Å². The van der Waals surface area contributed by atoms with Crippen molar-refractivity contribution in [3.05, 3.63) is 0 Å². The second-order valence-corrected chi connectivity index (χ2v) is 3.26. The van der Waals surface area contributed by atoms with Crippen molar-refractivity contribution in [2.75, 3.05) is 13.1 Å². The van der Waals surface area contributed by atoms with Crippen LogP contribution in [0, 0.1) is 0 Å². The first-order chi connectivity index (χ1) is 5.79. The van der Waals surface area contributed by atoms with Crippen molar-refractivity contribution in [1.82, 2.24) is 4.90 Å². The molecule has 2 N–H and O–H groups in total. The number of hydrogen-bond donors (Lipinski definition) is 1. The summed E-state index contributed by atoms with van der Waals surface area (Å²) in [5.74, 6) is 0.738. The monoisotopic (exact) mass is 169 g/mol. The largest absolute Gasteiger partial charge is 0.370 e. The molecule has 0 unspecified atom stereocenters. The quantitative estimate of drug-likeness (QED) is 0.507. The third kappa shape index (κ3) is 2.40. The molecular formula is C9H19N3. The van der Waals surface area contributed by atoms with Gasteiger partial charge in [-0.2, -0.15) is 0 Å². The van der Waals surface area contributed by atoms with Crippen molar-refractivity contribution < 1.29 is 0 Å². The van der Waals surface area contributed by atoms with Crippen molar-refractivity contribution >= 4 is 5.96 Å². The maximum atomic E-state index is 5.83. The molecule has 0 spiro atoms.